The molecule has 0 fully saturated rings. The van der Waals surface area contributed by atoms with E-state index in [-0.39, 0.29) is 5.91 Å². The van der Waals surface area contributed by atoms with Crippen molar-refractivity contribution in [2.24, 2.45) is 0 Å². The number of nitrogens with zero attached hydrogens (tertiary/aromatic N) is 3. The lowest BCUT2D eigenvalue weighted by Crippen LogP contribution is -2.40. The van der Waals surface area contributed by atoms with Gasteiger partial charge in [0, 0.05) is 19.8 Å². The summed E-state index contributed by atoms with van der Waals surface area (Å²) in [5, 5.41) is 13.2. The van der Waals surface area contributed by atoms with Gasteiger partial charge in [0.25, 0.3) is 5.91 Å². The maximum atomic E-state index is 12.2. The van der Waals surface area contributed by atoms with Crippen molar-refractivity contribution < 1.29 is 14.7 Å². The molecule has 0 saturated heterocycles. The van der Waals surface area contributed by atoms with Gasteiger partial charge in [0.2, 0.25) is 0 Å². The van der Waals surface area contributed by atoms with E-state index in [2.05, 4.69) is 12.0 Å². The zero-order chi connectivity index (χ0) is 14.6. The van der Waals surface area contributed by atoms with E-state index in [1.54, 1.807) is 17.8 Å². The molecule has 0 aliphatic carbocycles. The van der Waals surface area contributed by atoms with Crippen molar-refractivity contribution in [2.45, 2.75) is 46.2 Å². The van der Waals surface area contributed by atoms with Crippen LogP contribution >= 0.6 is 0 Å². The number of rotatable bonds is 6. The van der Waals surface area contributed by atoms with Crippen molar-refractivity contribution in [3.05, 3.63) is 17.5 Å². The average Bonchev–Trinajstić information content (AvgIpc) is 2.74. The molecule has 0 saturated carbocycles. The minimum Gasteiger partial charge on any atom is -0.480 e. The van der Waals surface area contributed by atoms with Gasteiger partial charge in [0.15, 0.2) is 0 Å². The van der Waals surface area contributed by atoms with Gasteiger partial charge in [-0.2, -0.15) is 5.10 Å². The highest BCUT2D eigenvalue weighted by atomic mass is 16.4. The second kappa shape index (κ2) is 6.36. The van der Waals surface area contributed by atoms with Gasteiger partial charge >= 0.3 is 5.97 Å². The van der Waals surface area contributed by atoms with E-state index in [1.165, 1.54) is 18.9 Å². The number of hydrogen-bond acceptors (Lipinski definition) is 3. The Bertz CT molecular complexity index is 468. The highest BCUT2D eigenvalue weighted by Crippen LogP contribution is 2.11. The lowest BCUT2D eigenvalue weighted by Gasteiger charge is -2.20. The van der Waals surface area contributed by atoms with Crippen LogP contribution in [0.1, 0.15) is 42.7 Å². The number of hydrogen-bond donors (Lipinski definition) is 1. The molecule has 0 aromatic carbocycles. The second-order valence-electron chi connectivity index (χ2n) is 4.68. The monoisotopic (exact) mass is 267 g/mol. The highest BCUT2D eigenvalue weighted by Gasteiger charge is 2.25. The van der Waals surface area contributed by atoms with Crippen molar-refractivity contribution in [1.82, 2.24) is 14.7 Å². The molecule has 1 N–H and O–H groups in total. The molecule has 19 heavy (non-hydrogen) atoms. The first-order chi connectivity index (χ1) is 8.88. The lowest BCUT2D eigenvalue weighted by molar-refractivity contribution is -0.141. The lowest BCUT2D eigenvalue weighted by atomic mass is 10.2. The van der Waals surface area contributed by atoms with Gasteiger partial charge in [-0.1, -0.05) is 13.3 Å². The molecule has 106 valence electrons. The van der Waals surface area contributed by atoms with E-state index in [0.717, 1.165) is 19.4 Å². The van der Waals surface area contributed by atoms with Crippen molar-refractivity contribution in [1.29, 1.82) is 0 Å². The van der Waals surface area contributed by atoms with Gasteiger partial charge < -0.3 is 10.0 Å². The number of aryl methyl sites for hydroxylation is 2. The predicted molar refractivity (Wildman–Crippen MR) is 71.1 cm³/mol. The first kappa shape index (κ1) is 15.2. The van der Waals surface area contributed by atoms with E-state index in [4.69, 9.17) is 5.11 Å². The summed E-state index contributed by atoms with van der Waals surface area (Å²) in [7, 11) is 1.49. The fourth-order valence-corrected chi connectivity index (χ4v) is 1.69. The van der Waals surface area contributed by atoms with E-state index >= 15 is 0 Å². The third-order valence-electron chi connectivity index (χ3n) is 3.18. The van der Waals surface area contributed by atoms with Crippen LogP contribution in [0.5, 0.6) is 0 Å². The van der Waals surface area contributed by atoms with Crippen LogP contribution in [0.4, 0.5) is 0 Å². The predicted octanol–water partition coefficient (Wildman–Crippen LogP) is 1.54. The van der Waals surface area contributed by atoms with E-state index in [0.29, 0.717) is 11.3 Å². The van der Waals surface area contributed by atoms with Crippen LogP contribution in [0.15, 0.2) is 6.20 Å². The summed E-state index contributed by atoms with van der Waals surface area (Å²) in [4.78, 5) is 24.3. The van der Waals surface area contributed by atoms with Gasteiger partial charge in [-0.15, -0.1) is 0 Å². The van der Waals surface area contributed by atoms with Crippen LogP contribution in [0.2, 0.25) is 0 Å². The summed E-state index contributed by atoms with van der Waals surface area (Å²) >= 11 is 0. The summed E-state index contributed by atoms with van der Waals surface area (Å²) in [6.45, 7) is 6.10. The summed E-state index contributed by atoms with van der Waals surface area (Å²) < 4.78 is 1.74. The van der Waals surface area contributed by atoms with Crippen molar-refractivity contribution in [2.75, 3.05) is 7.05 Å². The maximum absolute atomic E-state index is 12.2. The van der Waals surface area contributed by atoms with Crippen LogP contribution in [0, 0.1) is 6.92 Å². The number of carboxylic acid groups (broad SMARTS) is 1. The fourth-order valence-electron chi connectivity index (χ4n) is 1.69. The summed E-state index contributed by atoms with van der Waals surface area (Å²) in [5.41, 5.74) is 1.09. The molecule has 1 unspecified atom stereocenters. The Morgan fingerprint density at radius 3 is 2.68 bits per heavy atom. The second-order valence-corrected chi connectivity index (χ2v) is 4.68. The Hall–Kier alpha value is -1.85. The van der Waals surface area contributed by atoms with Crippen molar-refractivity contribution >= 4 is 11.9 Å². The standard InChI is InChI=1S/C13H21N3O3/c1-5-6-7-16-8-11(9(2)14-16)12(17)15(4)10(3)13(18)19/h8,10H,5-7H2,1-4H3,(H,18,19). The third kappa shape index (κ3) is 3.56. The molecule has 0 radical (unpaired) electrons. The Morgan fingerprint density at radius 2 is 2.16 bits per heavy atom. The molecule has 1 atom stereocenters. The Balaban J connectivity index is 2.87. The van der Waals surface area contributed by atoms with Gasteiger partial charge in [0.05, 0.1) is 11.3 Å². The minimum absolute atomic E-state index is 0.310. The third-order valence-corrected chi connectivity index (χ3v) is 3.18. The largest absolute Gasteiger partial charge is 0.480 e. The fraction of sp³-hybridized carbons (Fsp3) is 0.615. The molecule has 0 bridgehead atoms. The summed E-state index contributed by atoms with van der Waals surface area (Å²) in [5.74, 6) is -1.33. The molecular formula is C13H21N3O3. The van der Waals surface area contributed by atoms with E-state index < -0.39 is 12.0 Å². The SMILES string of the molecule is CCCCn1cc(C(=O)N(C)C(C)C(=O)O)c(C)n1. The molecule has 6 nitrogen and oxygen atoms in total. The van der Waals surface area contributed by atoms with Crippen molar-refractivity contribution in [3.63, 3.8) is 0 Å². The Kier molecular flexibility index (Phi) is 5.09. The quantitative estimate of drug-likeness (QED) is 0.848. The van der Waals surface area contributed by atoms with E-state index in [9.17, 15) is 9.59 Å². The number of carbonyl (C=O) groups excluding carboxylic acids is 1. The minimum atomic E-state index is -1.02. The van der Waals surface area contributed by atoms with E-state index in [1.807, 2.05) is 0 Å². The number of likely N-dealkylation sites (N-methyl/N-ethyl adjacent to an activating group) is 1. The smallest absolute Gasteiger partial charge is 0.326 e. The van der Waals surface area contributed by atoms with Crippen LogP contribution < -0.4 is 0 Å². The van der Waals surface area contributed by atoms with Crippen LogP contribution in [0.3, 0.4) is 0 Å². The molecule has 1 amide bonds. The number of carboxylic acids is 1. The number of aliphatic carboxylic acids is 1. The first-order valence-electron chi connectivity index (χ1n) is 6.42. The Morgan fingerprint density at radius 1 is 1.53 bits per heavy atom. The molecule has 0 aliphatic rings. The summed E-state index contributed by atoms with van der Waals surface area (Å²) in [6.07, 6.45) is 3.74. The molecule has 1 rings (SSSR count). The average molecular weight is 267 g/mol. The molecule has 0 spiro atoms. The zero-order valence-corrected chi connectivity index (χ0v) is 11.9. The number of unbranched alkanes of at least 4 members (excludes halogenated alkanes) is 1. The normalized spacial score (nSPS) is 12.2. The molecular weight excluding hydrogens is 246 g/mol. The number of amides is 1. The molecule has 1 heterocycles. The van der Waals surface area contributed by atoms with Crippen LogP contribution in [-0.4, -0.2) is 44.8 Å². The molecule has 6 heteroatoms. The molecule has 1 aromatic rings. The van der Waals surface area contributed by atoms with Crippen LogP contribution in [0.25, 0.3) is 0 Å². The summed E-state index contributed by atoms with van der Waals surface area (Å²) in [6, 6.07) is -0.856. The zero-order valence-electron chi connectivity index (χ0n) is 11.9. The number of aromatic nitrogens is 2. The number of carbonyl (C=O) groups is 2. The maximum Gasteiger partial charge on any atom is 0.326 e. The highest BCUT2D eigenvalue weighted by molar-refractivity contribution is 5.97. The molecule has 1 aromatic heterocycles. The first-order valence-corrected chi connectivity index (χ1v) is 6.42. The Labute approximate surface area is 113 Å². The molecule has 0 aliphatic heterocycles. The van der Waals surface area contributed by atoms with Crippen molar-refractivity contribution in [3.8, 4) is 0 Å². The van der Waals surface area contributed by atoms with Crippen LogP contribution in [-0.2, 0) is 11.3 Å². The topological polar surface area (TPSA) is 75.4 Å². The van der Waals surface area contributed by atoms with Gasteiger partial charge in [0.1, 0.15) is 6.04 Å². The van der Waals surface area contributed by atoms with Gasteiger partial charge in [-0.25, -0.2) is 4.79 Å². The van der Waals surface area contributed by atoms with Gasteiger partial charge in [-0.3, -0.25) is 9.48 Å². The van der Waals surface area contributed by atoms with Gasteiger partial charge in [-0.05, 0) is 20.3 Å².